The number of rotatable bonds is 6. The smallest absolute Gasteiger partial charge is 0.0628 e. The molecule has 138 valence electrons. The van der Waals surface area contributed by atoms with Gasteiger partial charge in [-0.05, 0) is 76.7 Å². The van der Waals surface area contributed by atoms with E-state index in [0.717, 1.165) is 24.1 Å². The number of likely N-dealkylation sites (N-methyl/N-ethyl adjacent to an activating group) is 1. The minimum atomic E-state index is -0.0938. The van der Waals surface area contributed by atoms with Crippen molar-refractivity contribution in [1.82, 2.24) is 9.80 Å². The fraction of sp³-hybridized carbons (Fsp3) is 0.682. The second-order valence-electron chi connectivity index (χ2n) is 8.55. The van der Waals surface area contributed by atoms with Gasteiger partial charge in [0.05, 0.1) is 11.3 Å². The molecule has 2 aliphatic rings. The largest absolute Gasteiger partial charge is 0.303 e. The molecule has 1 aliphatic carbocycles. The summed E-state index contributed by atoms with van der Waals surface area (Å²) in [5.41, 5.74) is 2.32. The molecule has 0 amide bonds. The van der Waals surface area contributed by atoms with Crippen molar-refractivity contribution in [3.8, 4) is 0 Å². The number of nitrogens with zero attached hydrogens (tertiary/aromatic N) is 2. The van der Waals surface area contributed by atoms with Gasteiger partial charge in [-0.15, -0.1) is 0 Å². The van der Waals surface area contributed by atoms with Gasteiger partial charge in [0, 0.05) is 6.54 Å². The van der Waals surface area contributed by atoms with Crippen LogP contribution in [0.1, 0.15) is 57.4 Å². The van der Waals surface area contributed by atoms with Crippen LogP contribution in [0.15, 0.2) is 30.3 Å². The second kappa shape index (κ2) is 7.59. The molecule has 1 heterocycles. The first-order valence-corrected chi connectivity index (χ1v) is 10.1. The van der Waals surface area contributed by atoms with Gasteiger partial charge in [-0.2, -0.15) is 0 Å². The van der Waals surface area contributed by atoms with Crippen molar-refractivity contribution in [1.29, 1.82) is 5.41 Å². The van der Waals surface area contributed by atoms with Gasteiger partial charge in [-0.1, -0.05) is 43.7 Å². The number of nitrogens with one attached hydrogen (secondary N) is 1. The van der Waals surface area contributed by atoms with Crippen LogP contribution < -0.4 is 0 Å². The maximum absolute atomic E-state index is 8.94. The Morgan fingerprint density at radius 2 is 1.76 bits per heavy atom. The summed E-state index contributed by atoms with van der Waals surface area (Å²) in [6.45, 7) is 6.13. The van der Waals surface area contributed by atoms with Gasteiger partial charge < -0.3 is 10.3 Å². The van der Waals surface area contributed by atoms with Crippen LogP contribution in [0.5, 0.6) is 0 Å². The van der Waals surface area contributed by atoms with Gasteiger partial charge in [-0.3, -0.25) is 4.90 Å². The summed E-state index contributed by atoms with van der Waals surface area (Å²) < 4.78 is 0. The van der Waals surface area contributed by atoms with Crippen LogP contribution in [0.2, 0.25) is 0 Å². The Hall–Kier alpha value is -1.19. The van der Waals surface area contributed by atoms with Crippen molar-refractivity contribution in [3.63, 3.8) is 0 Å². The van der Waals surface area contributed by atoms with Crippen molar-refractivity contribution in [2.24, 2.45) is 5.41 Å². The van der Waals surface area contributed by atoms with E-state index in [2.05, 4.69) is 55.1 Å². The highest BCUT2D eigenvalue weighted by molar-refractivity contribution is 6.05. The Labute approximate surface area is 153 Å². The molecule has 1 saturated heterocycles. The van der Waals surface area contributed by atoms with E-state index in [1.54, 1.807) is 0 Å². The summed E-state index contributed by atoms with van der Waals surface area (Å²) in [6.07, 6.45) is 8.76. The summed E-state index contributed by atoms with van der Waals surface area (Å²) in [7, 11) is 4.33. The molecule has 0 bridgehead atoms. The summed E-state index contributed by atoms with van der Waals surface area (Å²) in [5.74, 6) is 0. The number of hydrogen-bond donors (Lipinski definition) is 1. The van der Waals surface area contributed by atoms with Crippen LogP contribution in [0.25, 0.3) is 0 Å². The summed E-state index contributed by atoms with van der Waals surface area (Å²) in [5, 5.41) is 8.94. The maximum Gasteiger partial charge on any atom is 0.0628 e. The Kier molecular flexibility index (Phi) is 5.65. The van der Waals surface area contributed by atoms with Crippen molar-refractivity contribution < 1.29 is 0 Å². The van der Waals surface area contributed by atoms with E-state index in [1.807, 2.05) is 6.07 Å². The molecular formula is C22H35N3. The van der Waals surface area contributed by atoms with E-state index in [9.17, 15) is 0 Å². The zero-order valence-corrected chi connectivity index (χ0v) is 16.4. The Morgan fingerprint density at radius 1 is 1.08 bits per heavy atom. The molecule has 25 heavy (non-hydrogen) atoms. The average Bonchev–Trinajstić information content (AvgIpc) is 3.03. The fourth-order valence-corrected chi connectivity index (χ4v) is 5.00. The van der Waals surface area contributed by atoms with Crippen LogP contribution in [-0.4, -0.2) is 54.8 Å². The molecule has 0 aromatic heterocycles. The Balaban J connectivity index is 1.70. The molecule has 3 rings (SSSR count). The molecule has 3 heteroatoms. The van der Waals surface area contributed by atoms with E-state index >= 15 is 0 Å². The lowest BCUT2D eigenvalue weighted by Gasteiger charge is -2.49. The molecule has 1 spiro atoms. The number of likely N-dealkylation sites (tertiary alicyclic amines) is 1. The lowest BCUT2D eigenvalue weighted by molar-refractivity contribution is 0.0867. The molecule has 3 nitrogen and oxygen atoms in total. The van der Waals surface area contributed by atoms with E-state index in [-0.39, 0.29) is 5.54 Å². The lowest BCUT2D eigenvalue weighted by Crippen LogP contribution is -2.55. The van der Waals surface area contributed by atoms with Crippen molar-refractivity contribution in [2.45, 2.75) is 57.4 Å². The monoisotopic (exact) mass is 341 g/mol. The molecule has 1 aliphatic heterocycles. The highest BCUT2D eigenvalue weighted by atomic mass is 15.2. The van der Waals surface area contributed by atoms with E-state index in [1.165, 1.54) is 51.7 Å². The average molecular weight is 342 g/mol. The number of hydrogen-bond acceptors (Lipinski definition) is 3. The summed E-state index contributed by atoms with van der Waals surface area (Å²) in [4.78, 5) is 5.01. The van der Waals surface area contributed by atoms with Crippen LogP contribution >= 0.6 is 0 Å². The van der Waals surface area contributed by atoms with Gasteiger partial charge in [0.25, 0.3) is 0 Å². The molecular weight excluding hydrogens is 306 g/mol. The topological polar surface area (TPSA) is 30.3 Å². The minimum absolute atomic E-state index is 0.0938. The number of benzene rings is 1. The van der Waals surface area contributed by atoms with Gasteiger partial charge in [0.1, 0.15) is 0 Å². The molecule has 0 unspecified atom stereocenters. The second-order valence-corrected chi connectivity index (χ2v) is 8.55. The normalized spacial score (nSPS) is 30.2. The van der Waals surface area contributed by atoms with Crippen molar-refractivity contribution in [3.05, 3.63) is 35.9 Å². The predicted molar refractivity (Wildman–Crippen MR) is 107 cm³/mol. The fourth-order valence-electron chi connectivity index (χ4n) is 5.00. The SMILES string of the molecule is CCCCN1CCC2(CCC(C(=N)c3ccccc3)(N(C)C)CC2)C1. The van der Waals surface area contributed by atoms with E-state index < -0.39 is 0 Å². The molecule has 2 fully saturated rings. The molecule has 1 aromatic rings. The molecule has 0 atom stereocenters. The van der Waals surface area contributed by atoms with Crippen molar-refractivity contribution in [2.75, 3.05) is 33.7 Å². The van der Waals surface area contributed by atoms with Gasteiger partial charge in [0.15, 0.2) is 0 Å². The first-order valence-electron chi connectivity index (χ1n) is 10.1. The third kappa shape index (κ3) is 3.68. The highest BCUT2D eigenvalue weighted by Crippen LogP contribution is 2.49. The predicted octanol–water partition coefficient (Wildman–Crippen LogP) is 4.42. The molecule has 1 N–H and O–H groups in total. The first kappa shape index (κ1) is 18.6. The van der Waals surface area contributed by atoms with Crippen LogP contribution in [0, 0.1) is 10.8 Å². The lowest BCUT2D eigenvalue weighted by atomic mass is 9.64. The summed E-state index contributed by atoms with van der Waals surface area (Å²) >= 11 is 0. The van der Waals surface area contributed by atoms with Crippen LogP contribution in [0.4, 0.5) is 0 Å². The highest BCUT2D eigenvalue weighted by Gasteiger charge is 2.48. The number of unbranched alkanes of at least 4 members (excludes halogenated alkanes) is 1. The van der Waals surface area contributed by atoms with Gasteiger partial charge >= 0.3 is 0 Å². The quantitative estimate of drug-likeness (QED) is 0.776. The van der Waals surface area contributed by atoms with E-state index in [4.69, 9.17) is 5.41 Å². The maximum atomic E-state index is 8.94. The zero-order chi connectivity index (χ0) is 17.9. The summed E-state index contributed by atoms with van der Waals surface area (Å²) in [6, 6.07) is 10.3. The minimum Gasteiger partial charge on any atom is -0.303 e. The van der Waals surface area contributed by atoms with Crippen molar-refractivity contribution >= 4 is 5.71 Å². The van der Waals surface area contributed by atoms with Crippen LogP contribution in [0.3, 0.4) is 0 Å². The molecule has 1 saturated carbocycles. The Bertz CT molecular complexity index is 570. The first-order chi connectivity index (χ1) is 12.0. The van der Waals surface area contributed by atoms with Gasteiger partial charge in [-0.25, -0.2) is 0 Å². The molecule has 1 aromatic carbocycles. The third-order valence-electron chi connectivity index (χ3n) is 6.87. The standard InChI is InChI=1S/C22H35N3/c1-4-5-16-25-17-15-21(18-25)11-13-22(14-12-21,24(2)3)20(23)19-9-7-6-8-10-19/h6-10,23H,4-5,11-18H2,1-3H3. The third-order valence-corrected chi connectivity index (χ3v) is 6.87. The van der Waals surface area contributed by atoms with Gasteiger partial charge in [0.2, 0.25) is 0 Å². The zero-order valence-electron chi connectivity index (χ0n) is 16.4. The Morgan fingerprint density at radius 3 is 2.36 bits per heavy atom. The molecule has 0 radical (unpaired) electrons. The van der Waals surface area contributed by atoms with E-state index in [0.29, 0.717) is 5.41 Å². The van der Waals surface area contributed by atoms with Crippen LogP contribution in [-0.2, 0) is 0 Å².